The Hall–Kier alpha value is -1.95. The predicted molar refractivity (Wildman–Crippen MR) is 103 cm³/mol. The quantitative estimate of drug-likeness (QED) is 0.843. The van der Waals surface area contributed by atoms with E-state index in [4.69, 9.17) is 5.10 Å². The number of anilines is 1. The molecule has 1 aliphatic carbocycles. The van der Waals surface area contributed by atoms with Gasteiger partial charge in [-0.25, -0.2) is 0 Å². The van der Waals surface area contributed by atoms with Gasteiger partial charge < -0.3 is 4.90 Å². The molecule has 4 rings (SSSR count). The maximum absolute atomic E-state index is 4.70. The summed E-state index contributed by atoms with van der Waals surface area (Å²) in [6.45, 7) is 9.51. The minimum atomic E-state index is 0.0482. The van der Waals surface area contributed by atoms with Gasteiger partial charge in [-0.3, -0.25) is 9.58 Å². The van der Waals surface area contributed by atoms with Crippen molar-refractivity contribution in [3.63, 3.8) is 0 Å². The number of rotatable bonds is 4. The van der Waals surface area contributed by atoms with E-state index in [-0.39, 0.29) is 5.41 Å². The van der Waals surface area contributed by atoms with Gasteiger partial charge in [-0.15, -0.1) is 5.10 Å². The van der Waals surface area contributed by atoms with E-state index in [0.29, 0.717) is 6.04 Å². The third kappa shape index (κ3) is 3.11. The Morgan fingerprint density at radius 2 is 1.92 bits per heavy atom. The van der Waals surface area contributed by atoms with Crippen LogP contribution in [0.25, 0.3) is 0 Å². The van der Waals surface area contributed by atoms with E-state index in [1.165, 1.54) is 29.8 Å². The van der Waals surface area contributed by atoms with E-state index in [9.17, 15) is 0 Å². The third-order valence-corrected chi connectivity index (χ3v) is 5.83. The molecule has 6 heteroatoms. The van der Waals surface area contributed by atoms with Crippen molar-refractivity contribution in [2.75, 3.05) is 25.0 Å². The molecule has 2 aromatic heterocycles. The highest BCUT2D eigenvalue weighted by Gasteiger charge is 2.32. The fourth-order valence-electron chi connectivity index (χ4n) is 3.96. The summed E-state index contributed by atoms with van der Waals surface area (Å²) in [5, 5.41) is 13.6. The van der Waals surface area contributed by atoms with Crippen molar-refractivity contribution < 1.29 is 0 Å². The zero-order chi connectivity index (χ0) is 18.5. The molecule has 0 atom stereocenters. The molecule has 0 spiro atoms. The highest BCUT2D eigenvalue weighted by Crippen LogP contribution is 2.28. The zero-order valence-electron chi connectivity index (χ0n) is 16.7. The highest BCUT2D eigenvalue weighted by atomic mass is 15.4. The molecule has 2 aromatic rings. The average molecular weight is 355 g/mol. The fourth-order valence-corrected chi connectivity index (χ4v) is 3.96. The summed E-state index contributed by atoms with van der Waals surface area (Å²) in [7, 11) is 4.31. The lowest BCUT2D eigenvalue weighted by Crippen LogP contribution is -2.58. The molecule has 0 bridgehead atoms. The van der Waals surface area contributed by atoms with Gasteiger partial charge >= 0.3 is 0 Å². The molecular formula is C20H30N6. The van der Waals surface area contributed by atoms with Crippen LogP contribution in [0.4, 0.5) is 5.82 Å². The van der Waals surface area contributed by atoms with E-state index < -0.39 is 0 Å². The zero-order valence-corrected chi connectivity index (χ0v) is 16.7. The van der Waals surface area contributed by atoms with Crippen LogP contribution >= 0.6 is 0 Å². The second-order valence-electron chi connectivity index (χ2n) is 8.85. The van der Waals surface area contributed by atoms with Gasteiger partial charge in [0.15, 0.2) is 5.82 Å². The molecular weight excluding hydrogens is 324 g/mol. The van der Waals surface area contributed by atoms with E-state index in [1.54, 1.807) is 0 Å². The summed E-state index contributed by atoms with van der Waals surface area (Å²) in [5.41, 5.74) is 5.31. The first-order chi connectivity index (χ1) is 12.3. The lowest BCUT2D eigenvalue weighted by Gasteiger charge is -2.44. The fraction of sp³-hybridized carbons (Fsp3) is 0.650. The van der Waals surface area contributed by atoms with Crippen molar-refractivity contribution in [1.29, 1.82) is 0 Å². The topological polar surface area (TPSA) is 50.1 Å². The van der Waals surface area contributed by atoms with Crippen molar-refractivity contribution in [1.82, 2.24) is 24.9 Å². The summed E-state index contributed by atoms with van der Waals surface area (Å²) >= 11 is 0. The monoisotopic (exact) mass is 354 g/mol. The van der Waals surface area contributed by atoms with Gasteiger partial charge in [0.1, 0.15) is 0 Å². The Morgan fingerprint density at radius 3 is 2.58 bits per heavy atom. The molecule has 1 saturated heterocycles. The van der Waals surface area contributed by atoms with Crippen LogP contribution < -0.4 is 4.90 Å². The Labute approximate surface area is 156 Å². The first-order valence-corrected chi connectivity index (χ1v) is 9.66. The molecule has 0 aromatic carbocycles. The molecule has 1 aliphatic heterocycles. The summed E-state index contributed by atoms with van der Waals surface area (Å²) in [6.07, 6.45) is 3.60. The van der Waals surface area contributed by atoms with Crippen molar-refractivity contribution in [3.8, 4) is 0 Å². The number of hydrogen-bond donors (Lipinski definition) is 0. The number of fused-ring (bicyclic) bond motifs is 1. The molecule has 3 heterocycles. The number of likely N-dealkylation sites (N-methyl/N-ethyl adjacent to an activating group) is 1. The van der Waals surface area contributed by atoms with Crippen LogP contribution in [0.3, 0.4) is 0 Å². The number of aromatic nitrogens is 4. The first kappa shape index (κ1) is 17.5. The van der Waals surface area contributed by atoms with Crippen LogP contribution in [0.1, 0.15) is 49.8 Å². The van der Waals surface area contributed by atoms with Crippen molar-refractivity contribution in [3.05, 3.63) is 34.8 Å². The normalized spacial score (nSPS) is 17.7. The molecule has 0 unspecified atom stereocenters. The van der Waals surface area contributed by atoms with Crippen molar-refractivity contribution >= 4 is 5.82 Å². The molecule has 6 nitrogen and oxygen atoms in total. The van der Waals surface area contributed by atoms with Crippen LogP contribution in [0.2, 0.25) is 0 Å². The Kier molecular flexibility index (Phi) is 4.26. The number of nitrogens with zero attached hydrogens (tertiary/aromatic N) is 6. The van der Waals surface area contributed by atoms with Crippen LogP contribution in [0.5, 0.6) is 0 Å². The molecule has 26 heavy (non-hydrogen) atoms. The molecule has 140 valence electrons. The molecule has 0 N–H and O–H groups in total. The summed E-state index contributed by atoms with van der Waals surface area (Å²) < 4.78 is 2.09. The Balaban J connectivity index is 1.36. The number of aryl methyl sites for hydroxylation is 2. The average Bonchev–Trinajstić information content (AvgIpc) is 3.08. The van der Waals surface area contributed by atoms with Gasteiger partial charge in [0.05, 0.1) is 17.1 Å². The second kappa shape index (κ2) is 6.34. The summed E-state index contributed by atoms with van der Waals surface area (Å²) in [6, 6.07) is 4.78. The second-order valence-corrected chi connectivity index (χ2v) is 8.85. The Morgan fingerprint density at radius 1 is 1.15 bits per heavy atom. The van der Waals surface area contributed by atoms with Gasteiger partial charge in [-0.2, -0.15) is 10.2 Å². The first-order valence-electron chi connectivity index (χ1n) is 9.66. The molecule has 0 radical (unpaired) electrons. The lowest BCUT2D eigenvalue weighted by atomic mass is 9.92. The largest absolute Gasteiger partial charge is 0.352 e. The maximum atomic E-state index is 4.70. The van der Waals surface area contributed by atoms with Gasteiger partial charge in [-0.05, 0) is 44.0 Å². The van der Waals surface area contributed by atoms with Crippen LogP contribution in [-0.4, -0.2) is 51.1 Å². The van der Waals surface area contributed by atoms with Crippen LogP contribution in [0.15, 0.2) is 12.1 Å². The predicted octanol–water partition coefficient (Wildman–Crippen LogP) is 2.32. The summed E-state index contributed by atoms with van der Waals surface area (Å²) in [5.74, 6) is 0.990. The van der Waals surface area contributed by atoms with E-state index in [0.717, 1.165) is 37.6 Å². The number of hydrogen-bond acceptors (Lipinski definition) is 5. The van der Waals surface area contributed by atoms with Gasteiger partial charge in [0.25, 0.3) is 0 Å². The maximum Gasteiger partial charge on any atom is 0.151 e. The van der Waals surface area contributed by atoms with Gasteiger partial charge in [-0.1, -0.05) is 20.8 Å². The van der Waals surface area contributed by atoms with Gasteiger partial charge in [0, 0.05) is 38.1 Å². The van der Waals surface area contributed by atoms with E-state index in [2.05, 4.69) is 71.7 Å². The Bertz CT molecular complexity index is 780. The minimum absolute atomic E-state index is 0.0482. The summed E-state index contributed by atoms with van der Waals surface area (Å²) in [4.78, 5) is 4.78. The molecule has 0 saturated carbocycles. The van der Waals surface area contributed by atoms with E-state index >= 15 is 0 Å². The molecule has 0 amide bonds. The van der Waals surface area contributed by atoms with E-state index in [1.807, 2.05) is 0 Å². The molecule has 2 aliphatic rings. The smallest absolute Gasteiger partial charge is 0.151 e. The van der Waals surface area contributed by atoms with Gasteiger partial charge in [0.2, 0.25) is 0 Å². The van der Waals surface area contributed by atoms with Crippen LogP contribution in [-0.2, 0) is 31.8 Å². The minimum Gasteiger partial charge on any atom is -0.352 e. The SMILES string of the molecule is CN(Cc1c2c(nn1C)CCC2)C1CN(c2ccc(C(C)(C)C)nn2)C1. The molecule has 1 fully saturated rings. The van der Waals surface area contributed by atoms with Crippen LogP contribution in [0, 0.1) is 0 Å². The van der Waals surface area contributed by atoms with Crippen molar-refractivity contribution in [2.45, 2.75) is 58.0 Å². The third-order valence-electron chi connectivity index (χ3n) is 5.83. The standard InChI is InChI=1S/C20H30N6/c1-20(2,3)18-9-10-19(22-21-18)26-11-14(12-26)24(4)13-17-15-7-6-8-16(15)23-25(17)5/h9-10,14H,6-8,11-13H2,1-5H3. The lowest BCUT2D eigenvalue weighted by molar-refractivity contribution is 0.192. The highest BCUT2D eigenvalue weighted by molar-refractivity contribution is 5.42. The van der Waals surface area contributed by atoms with Crippen molar-refractivity contribution in [2.24, 2.45) is 7.05 Å².